The average molecular weight is 290 g/mol. The molecular formula is C17H20ClNO. The largest absolute Gasteiger partial charge is 0.387 e. The summed E-state index contributed by atoms with van der Waals surface area (Å²) in [5, 5.41) is 14.2. The number of aliphatic hydroxyl groups is 1. The molecule has 20 heavy (non-hydrogen) atoms. The van der Waals surface area contributed by atoms with E-state index in [0.717, 1.165) is 12.0 Å². The van der Waals surface area contributed by atoms with Gasteiger partial charge >= 0.3 is 0 Å². The zero-order valence-electron chi connectivity index (χ0n) is 11.6. The van der Waals surface area contributed by atoms with Crippen molar-refractivity contribution < 1.29 is 5.11 Å². The van der Waals surface area contributed by atoms with Crippen LogP contribution >= 0.6 is 11.6 Å². The van der Waals surface area contributed by atoms with Gasteiger partial charge in [0.15, 0.2) is 0 Å². The Hall–Kier alpha value is -1.35. The Balaban J connectivity index is 1.81. The van der Waals surface area contributed by atoms with Gasteiger partial charge in [0.1, 0.15) is 0 Å². The van der Waals surface area contributed by atoms with Gasteiger partial charge in [-0.1, -0.05) is 54.1 Å². The SMILES string of the molecule is CC(Cc1ccccc1)NC[C@H](O)c1ccc(Cl)cc1. The maximum atomic E-state index is 10.1. The van der Waals surface area contributed by atoms with Crippen LogP contribution in [0.5, 0.6) is 0 Å². The third kappa shape index (κ3) is 4.64. The highest BCUT2D eigenvalue weighted by molar-refractivity contribution is 6.30. The van der Waals surface area contributed by atoms with Crippen molar-refractivity contribution in [1.29, 1.82) is 0 Å². The standard InChI is InChI=1S/C17H20ClNO/c1-13(11-14-5-3-2-4-6-14)19-12-17(20)15-7-9-16(18)10-8-15/h2-10,13,17,19-20H,11-12H2,1H3/t13?,17-/m0/s1. The lowest BCUT2D eigenvalue weighted by Crippen LogP contribution is -2.32. The molecule has 0 fully saturated rings. The van der Waals surface area contributed by atoms with E-state index in [0.29, 0.717) is 17.6 Å². The minimum Gasteiger partial charge on any atom is -0.387 e. The molecule has 2 atom stereocenters. The molecule has 0 bridgehead atoms. The summed E-state index contributed by atoms with van der Waals surface area (Å²) in [4.78, 5) is 0. The minimum absolute atomic E-state index is 0.319. The van der Waals surface area contributed by atoms with Crippen LogP contribution in [0.1, 0.15) is 24.2 Å². The van der Waals surface area contributed by atoms with Crippen LogP contribution in [-0.4, -0.2) is 17.7 Å². The van der Waals surface area contributed by atoms with Gasteiger partial charge in [-0.15, -0.1) is 0 Å². The fourth-order valence-corrected chi connectivity index (χ4v) is 2.28. The van der Waals surface area contributed by atoms with Crippen molar-refractivity contribution in [3.63, 3.8) is 0 Å². The highest BCUT2D eigenvalue weighted by Crippen LogP contribution is 2.16. The fraction of sp³-hybridized carbons (Fsp3) is 0.294. The van der Waals surface area contributed by atoms with E-state index in [2.05, 4.69) is 24.4 Å². The third-order valence-corrected chi connectivity index (χ3v) is 3.55. The molecule has 0 aromatic heterocycles. The quantitative estimate of drug-likeness (QED) is 0.852. The summed E-state index contributed by atoms with van der Waals surface area (Å²) in [6, 6.07) is 18.0. The van der Waals surface area contributed by atoms with E-state index in [1.54, 1.807) is 12.1 Å². The summed E-state index contributed by atoms with van der Waals surface area (Å²) in [6.07, 6.45) is 0.444. The molecule has 0 heterocycles. The fourth-order valence-electron chi connectivity index (χ4n) is 2.16. The van der Waals surface area contributed by atoms with Gasteiger partial charge in [0, 0.05) is 17.6 Å². The molecule has 1 unspecified atom stereocenters. The number of aliphatic hydroxyl groups excluding tert-OH is 1. The normalized spacial score (nSPS) is 13.9. The number of hydrogen-bond acceptors (Lipinski definition) is 2. The van der Waals surface area contributed by atoms with Crippen LogP contribution < -0.4 is 5.32 Å². The lowest BCUT2D eigenvalue weighted by molar-refractivity contribution is 0.170. The summed E-state index contributed by atoms with van der Waals surface area (Å²) in [5.74, 6) is 0. The predicted molar refractivity (Wildman–Crippen MR) is 84.0 cm³/mol. The van der Waals surface area contributed by atoms with E-state index in [9.17, 15) is 5.11 Å². The molecule has 2 aromatic rings. The number of nitrogens with one attached hydrogen (secondary N) is 1. The lowest BCUT2D eigenvalue weighted by atomic mass is 10.1. The van der Waals surface area contributed by atoms with Gasteiger partial charge < -0.3 is 10.4 Å². The van der Waals surface area contributed by atoms with Crippen molar-refractivity contribution >= 4 is 11.6 Å². The molecule has 0 radical (unpaired) electrons. The summed E-state index contributed by atoms with van der Waals surface area (Å²) in [5.41, 5.74) is 2.18. The number of rotatable bonds is 6. The molecule has 0 aliphatic heterocycles. The molecule has 2 aromatic carbocycles. The van der Waals surface area contributed by atoms with Crippen LogP contribution in [0.4, 0.5) is 0 Å². The molecule has 3 heteroatoms. The summed E-state index contributed by atoms with van der Waals surface area (Å²) >= 11 is 5.84. The molecule has 2 rings (SSSR count). The lowest BCUT2D eigenvalue weighted by Gasteiger charge is -2.17. The number of hydrogen-bond donors (Lipinski definition) is 2. The van der Waals surface area contributed by atoms with Crippen LogP contribution in [0, 0.1) is 0 Å². The second-order valence-corrected chi connectivity index (χ2v) is 5.50. The molecule has 0 saturated heterocycles. The Labute approximate surface area is 125 Å². The van der Waals surface area contributed by atoms with Crippen LogP contribution in [0.3, 0.4) is 0 Å². The van der Waals surface area contributed by atoms with Crippen molar-refractivity contribution in [2.45, 2.75) is 25.5 Å². The van der Waals surface area contributed by atoms with Gasteiger partial charge in [-0.2, -0.15) is 0 Å². The van der Waals surface area contributed by atoms with E-state index in [1.165, 1.54) is 5.56 Å². The predicted octanol–water partition coefficient (Wildman–Crippen LogP) is 3.59. The molecule has 0 spiro atoms. The average Bonchev–Trinajstić information content (AvgIpc) is 2.46. The second kappa shape index (κ2) is 7.44. The number of benzene rings is 2. The molecule has 0 saturated carbocycles. The Morgan fingerprint density at radius 1 is 1.05 bits per heavy atom. The topological polar surface area (TPSA) is 32.3 Å². The first-order valence-corrected chi connectivity index (χ1v) is 7.24. The summed E-state index contributed by atoms with van der Waals surface area (Å²) < 4.78 is 0. The van der Waals surface area contributed by atoms with Crippen LogP contribution in [-0.2, 0) is 6.42 Å². The maximum absolute atomic E-state index is 10.1. The first kappa shape index (κ1) is 15.0. The zero-order chi connectivity index (χ0) is 14.4. The zero-order valence-corrected chi connectivity index (χ0v) is 12.3. The smallest absolute Gasteiger partial charge is 0.0914 e. The van der Waals surface area contributed by atoms with Gasteiger partial charge in [-0.05, 0) is 36.6 Å². The van der Waals surface area contributed by atoms with Crippen LogP contribution in [0.15, 0.2) is 54.6 Å². The van der Waals surface area contributed by atoms with E-state index in [-0.39, 0.29) is 0 Å². The first-order chi connectivity index (χ1) is 9.65. The molecule has 0 amide bonds. The van der Waals surface area contributed by atoms with E-state index in [4.69, 9.17) is 11.6 Å². The summed E-state index contributed by atoms with van der Waals surface area (Å²) in [6.45, 7) is 2.66. The van der Waals surface area contributed by atoms with Crippen LogP contribution in [0.25, 0.3) is 0 Å². The van der Waals surface area contributed by atoms with Crippen LogP contribution in [0.2, 0.25) is 5.02 Å². The second-order valence-electron chi connectivity index (χ2n) is 5.07. The van der Waals surface area contributed by atoms with Crippen molar-refractivity contribution in [1.82, 2.24) is 5.32 Å². The Kier molecular flexibility index (Phi) is 5.60. The highest BCUT2D eigenvalue weighted by Gasteiger charge is 2.09. The van der Waals surface area contributed by atoms with Gasteiger partial charge in [0.05, 0.1) is 6.10 Å². The molecule has 2 nitrogen and oxygen atoms in total. The molecule has 106 valence electrons. The van der Waals surface area contributed by atoms with E-state index < -0.39 is 6.10 Å². The Morgan fingerprint density at radius 2 is 1.70 bits per heavy atom. The molecule has 2 N–H and O–H groups in total. The van der Waals surface area contributed by atoms with E-state index >= 15 is 0 Å². The van der Waals surface area contributed by atoms with Crippen molar-refractivity contribution in [3.05, 3.63) is 70.7 Å². The first-order valence-electron chi connectivity index (χ1n) is 6.86. The molecule has 0 aliphatic carbocycles. The van der Waals surface area contributed by atoms with Crippen molar-refractivity contribution in [3.8, 4) is 0 Å². The highest BCUT2D eigenvalue weighted by atomic mass is 35.5. The third-order valence-electron chi connectivity index (χ3n) is 3.30. The van der Waals surface area contributed by atoms with Gasteiger partial charge in [0.2, 0.25) is 0 Å². The maximum Gasteiger partial charge on any atom is 0.0914 e. The van der Waals surface area contributed by atoms with Crippen molar-refractivity contribution in [2.24, 2.45) is 0 Å². The van der Waals surface area contributed by atoms with Gasteiger partial charge in [-0.25, -0.2) is 0 Å². The Morgan fingerprint density at radius 3 is 2.35 bits per heavy atom. The molecule has 0 aliphatic rings. The van der Waals surface area contributed by atoms with Crippen molar-refractivity contribution in [2.75, 3.05) is 6.54 Å². The molecular weight excluding hydrogens is 270 g/mol. The van der Waals surface area contributed by atoms with E-state index in [1.807, 2.05) is 30.3 Å². The Bertz CT molecular complexity index is 512. The van der Waals surface area contributed by atoms with Gasteiger partial charge in [-0.3, -0.25) is 0 Å². The number of halogens is 1. The van der Waals surface area contributed by atoms with Gasteiger partial charge in [0.25, 0.3) is 0 Å². The monoisotopic (exact) mass is 289 g/mol. The summed E-state index contributed by atoms with van der Waals surface area (Å²) in [7, 11) is 0. The minimum atomic E-state index is -0.509.